The molecule has 0 unspecified atom stereocenters. The fourth-order valence-corrected chi connectivity index (χ4v) is 2.30. The second-order valence-electron chi connectivity index (χ2n) is 5.85. The van der Waals surface area contributed by atoms with E-state index in [1.807, 2.05) is 32.0 Å². The quantitative estimate of drug-likeness (QED) is 0.730. The van der Waals surface area contributed by atoms with E-state index < -0.39 is 0 Å². The van der Waals surface area contributed by atoms with Gasteiger partial charge in [-0.05, 0) is 30.2 Å². The minimum Gasteiger partial charge on any atom is -0.469 e. The van der Waals surface area contributed by atoms with Gasteiger partial charge in [0.25, 0.3) is 5.91 Å². The number of furan rings is 1. The summed E-state index contributed by atoms with van der Waals surface area (Å²) >= 11 is 0. The van der Waals surface area contributed by atoms with Crippen molar-refractivity contribution in [2.24, 2.45) is 5.92 Å². The first kappa shape index (κ1) is 17.7. The van der Waals surface area contributed by atoms with Crippen LogP contribution >= 0.6 is 0 Å². The average Bonchev–Trinajstić information content (AvgIpc) is 3.08. The summed E-state index contributed by atoms with van der Waals surface area (Å²) in [6, 6.07) is 8.85. The van der Waals surface area contributed by atoms with Crippen LogP contribution in [-0.4, -0.2) is 42.0 Å². The Balaban J connectivity index is 2.13. The van der Waals surface area contributed by atoms with Gasteiger partial charge >= 0.3 is 5.97 Å². The van der Waals surface area contributed by atoms with Gasteiger partial charge < -0.3 is 14.1 Å². The number of hydrogen-bond acceptors (Lipinski definition) is 5. The van der Waals surface area contributed by atoms with Crippen LogP contribution in [0.2, 0.25) is 0 Å². The first-order chi connectivity index (χ1) is 11.5. The van der Waals surface area contributed by atoms with Gasteiger partial charge in [0.1, 0.15) is 5.69 Å². The van der Waals surface area contributed by atoms with E-state index in [1.54, 1.807) is 23.2 Å². The number of carbonyl (C=O) groups excluding carboxylic acids is 2. The van der Waals surface area contributed by atoms with Crippen LogP contribution in [0, 0.1) is 5.92 Å². The molecule has 0 saturated carbocycles. The van der Waals surface area contributed by atoms with Crippen molar-refractivity contribution in [3.05, 3.63) is 42.3 Å². The predicted molar refractivity (Wildman–Crippen MR) is 89.3 cm³/mol. The Morgan fingerprint density at radius 1 is 1.25 bits per heavy atom. The highest BCUT2D eigenvalue weighted by atomic mass is 16.5. The Labute approximate surface area is 141 Å². The van der Waals surface area contributed by atoms with Crippen LogP contribution < -0.4 is 0 Å². The summed E-state index contributed by atoms with van der Waals surface area (Å²) in [5, 5.41) is 0. The molecule has 0 aliphatic heterocycles. The number of pyridine rings is 1. The molecular weight excluding hydrogens is 308 g/mol. The van der Waals surface area contributed by atoms with E-state index in [0.717, 1.165) is 0 Å². The van der Waals surface area contributed by atoms with E-state index in [9.17, 15) is 9.59 Å². The van der Waals surface area contributed by atoms with Gasteiger partial charge in [-0.2, -0.15) is 0 Å². The molecule has 0 spiro atoms. The molecule has 24 heavy (non-hydrogen) atoms. The van der Waals surface area contributed by atoms with Gasteiger partial charge in [0.2, 0.25) is 0 Å². The number of amides is 1. The number of ether oxygens (including phenoxy) is 1. The fraction of sp³-hybridized carbons (Fsp3) is 0.389. The maximum absolute atomic E-state index is 12.7. The summed E-state index contributed by atoms with van der Waals surface area (Å²) in [5.41, 5.74) is 0.668. The summed E-state index contributed by atoms with van der Waals surface area (Å²) in [6.07, 6.45) is 1.82. The second-order valence-corrected chi connectivity index (χ2v) is 5.85. The average molecular weight is 330 g/mol. The van der Waals surface area contributed by atoms with Gasteiger partial charge in [0.05, 0.1) is 13.5 Å². The summed E-state index contributed by atoms with van der Waals surface area (Å²) in [5.74, 6) is 0.467. The Morgan fingerprint density at radius 2 is 2.04 bits per heavy atom. The van der Waals surface area contributed by atoms with Crippen molar-refractivity contribution < 1.29 is 18.7 Å². The lowest BCUT2D eigenvalue weighted by atomic mass is 10.2. The molecular formula is C18H22N2O4. The number of aromatic nitrogens is 1. The standard InChI is InChI=1S/C18H22N2O4/c1-13(2)12-20(11-9-17(21)23-3)18(22)16-8-7-15(24-16)14-6-4-5-10-19-14/h4-8,10,13H,9,11-12H2,1-3H3. The topological polar surface area (TPSA) is 72.6 Å². The van der Waals surface area contributed by atoms with Crippen molar-refractivity contribution in [1.29, 1.82) is 0 Å². The SMILES string of the molecule is COC(=O)CCN(CC(C)C)C(=O)c1ccc(-c2ccccn2)o1. The minimum atomic E-state index is -0.342. The first-order valence-electron chi connectivity index (χ1n) is 7.88. The number of esters is 1. The molecule has 6 heteroatoms. The second kappa shape index (κ2) is 8.29. The molecule has 0 aliphatic carbocycles. The van der Waals surface area contributed by atoms with Gasteiger partial charge in [-0.1, -0.05) is 19.9 Å². The van der Waals surface area contributed by atoms with Crippen molar-refractivity contribution in [2.45, 2.75) is 20.3 Å². The lowest BCUT2D eigenvalue weighted by Crippen LogP contribution is -2.35. The lowest BCUT2D eigenvalue weighted by molar-refractivity contribution is -0.140. The number of methoxy groups -OCH3 is 1. The molecule has 2 aromatic heterocycles. The van der Waals surface area contributed by atoms with Gasteiger partial charge in [0, 0.05) is 19.3 Å². The Kier molecular flexibility index (Phi) is 6.12. The smallest absolute Gasteiger partial charge is 0.307 e. The monoisotopic (exact) mass is 330 g/mol. The maximum atomic E-state index is 12.7. The molecule has 0 fully saturated rings. The van der Waals surface area contributed by atoms with E-state index in [1.165, 1.54) is 7.11 Å². The third-order valence-corrected chi connectivity index (χ3v) is 3.42. The van der Waals surface area contributed by atoms with Crippen molar-refractivity contribution in [1.82, 2.24) is 9.88 Å². The Morgan fingerprint density at radius 3 is 2.67 bits per heavy atom. The highest BCUT2D eigenvalue weighted by Crippen LogP contribution is 2.21. The van der Waals surface area contributed by atoms with Crippen LogP contribution in [0.1, 0.15) is 30.8 Å². The molecule has 0 aromatic carbocycles. The van der Waals surface area contributed by atoms with E-state index in [0.29, 0.717) is 24.5 Å². The minimum absolute atomic E-state index is 0.156. The zero-order valence-electron chi connectivity index (χ0n) is 14.2. The van der Waals surface area contributed by atoms with E-state index in [2.05, 4.69) is 9.72 Å². The Bertz CT molecular complexity index is 679. The van der Waals surface area contributed by atoms with Crippen LogP contribution in [0.25, 0.3) is 11.5 Å². The van der Waals surface area contributed by atoms with E-state index in [4.69, 9.17) is 4.42 Å². The van der Waals surface area contributed by atoms with Gasteiger partial charge in [-0.15, -0.1) is 0 Å². The lowest BCUT2D eigenvalue weighted by Gasteiger charge is -2.23. The van der Waals surface area contributed by atoms with Crippen molar-refractivity contribution in [3.63, 3.8) is 0 Å². The zero-order chi connectivity index (χ0) is 17.5. The zero-order valence-corrected chi connectivity index (χ0v) is 14.2. The molecule has 0 saturated heterocycles. The van der Waals surface area contributed by atoms with Gasteiger partial charge in [0.15, 0.2) is 11.5 Å². The van der Waals surface area contributed by atoms with Crippen LogP contribution in [0.15, 0.2) is 40.9 Å². The highest BCUT2D eigenvalue weighted by Gasteiger charge is 2.21. The van der Waals surface area contributed by atoms with E-state index >= 15 is 0 Å². The summed E-state index contributed by atoms with van der Waals surface area (Å²) in [4.78, 5) is 29.9. The molecule has 6 nitrogen and oxygen atoms in total. The molecule has 0 N–H and O–H groups in total. The number of carbonyl (C=O) groups is 2. The van der Waals surface area contributed by atoms with Gasteiger partial charge in [-0.25, -0.2) is 0 Å². The molecule has 2 rings (SSSR count). The number of hydrogen-bond donors (Lipinski definition) is 0. The van der Waals surface area contributed by atoms with Crippen LogP contribution in [0.4, 0.5) is 0 Å². The largest absolute Gasteiger partial charge is 0.469 e. The van der Waals surface area contributed by atoms with E-state index in [-0.39, 0.29) is 30.0 Å². The normalized spacial score (nSPS) is 10.7. The van der Waals surface area contributed by atoms with Crippen molar-refractivity contribution in [2.75, 3.05) is 20.2 Å². The number of rotatable bonds is 7. The number of nitrogens with zero attached hydrogens (tertiary/aromatic N) is 2. The van der Waals surface area contributed by atoms with Crippen LogP contribution in [0.3, 0.4) is 0 Å². The Hall–Kier alpha value is -2.63. The molecule has 128 valence electrons. The molecule has 0 atom stereocenters. The van der Waals surface area contributed by atoms with Crippen LogP contribution in [-0.2, 0) is 9.53 Å². The van der Waals surface area contributed by atoms with Crippen molar-refractivity contribution >= 4 is 11.9 Å². The molecule has 0 radical (unpaired) electrons. The van der Waals surface area contributed by atoms with Gasteiger partial charge in [-0.3, -0.25) is 14.6 Å². The summed E-state index contributed by atoms with van der Waals surface area (Å²) in [7, 11) is 1.34. The molecule has 2 heterocycles. The summed E-state index contributed by atoms with van der Waals surface area (Å²) < 4.78 is 10.3. The fourth-order valence-electron chi connectivity index (χ4n) is 2.30. The van der Waals surface area contributed by atoms with Crippen LogP contribution in [0.5, 0.6) is 0 Å². The highest BCUT2D eigenvalue weighted by molar-refractivity contribution is 5.92. The maximum Gasteiger partial charge on any atom is 0.307 e. The van der Waals surface area contributed by atoms with Crippen molar-refractivity contribution in [3.8, 4) is 11.5 Å². The third kappa shape index (κ3) is 4.68. The predicted octanol–water partition coefficient (Wildman–Crippen LogP) is 3.00. The molecule has 2 aromatic rings. The molecule has 1 amide bonds. The molecule has 0 bridgehead atoms. The third-order valence-electron chi connectivity index (χ3n) is 3.42. The summed E-state index contributed by atoms with van der Waals surface area (Å²) in [6.45, 7) is 4.86. The molecule has 0 aliphatic rings. The first-order valence-corrected chi connectivity index (χ1v) is 7.88.